The minimum atomic E-state index is -0.670. The molecule has 3 atom stereocenters. The highest BCUT2D eigenvalue weighted by molar-refractivity contribution is 5.72. The van der Waals surface area contributed by atoms with E-state index in [-0.39, 0.29) is 23.9 Å². The summed E-state index contributed by atoms with van der Waals surface area (Å²) in [6, 6.07) is 0. The maximum Gasteiger partial charge on any atom is 0.308 e. The molecule has 1 N–H and O–H groups in total. The first-order chi connectivity index (χ1) is 8.48. The first kappa shape index (κ1) is 15.5. The predicted molar refractivity (Wildman–Crippen MR) is 72.2 cm³/mol. The van der Waals surface area contributed by atoms with Crippen LogP contribution in [0.5, 0.6) is 0 Å². The van der Waals surface area contributed by atoms with Crippen LogP contribution in [0.25, 0.3) is 0 Å². The van der Waals surface area contributed by atoms with Crippen molar-refractivity contribution in [2.75, 3.05) is 0 Å². The molecule has 3 heteroatoms. The van der Waals surface area contributed by atoms with Gasteiger partial charge in [0.25, 0.3) is 0 Å². The zero-order valence-electron chi connectivity index (χ0n) is 12.2. The van der Waals surface area contributed by atoms with E-state index in [1.54, 1.807) is 0 Å². The second kappa shape index (κ2) is 6.55. The van der Waals surface area contributed by atoms with Gasteiger partial charge in [0.1, 0.15) is 6.10 Å². The van der Waals surface area contributed by atoms with E-state index >= 15 is 0 Å². The van der Waals surface area contributed by atoms with Gasteiger partial charge in [-0.3, -0.25) is 4.79 Å². The SMILES string of the molecule is CCC(C)C(=O)OC1CCCC1C(O)(CC)CC. The summed E-state index contributed by atoms with van der Waals surface area (Å²) in [7, 11) is 0. The van der Waals surface area contributed by atoms with Crippen LogP contribution in [-0.2, 0) is 9.53 Å². The molecule has 106 valence electrons. The zero-order chi connectivity index (χ0) is 13.8. The molecule has 3 unspecified atom stereocenters. The molecule has 1 aliphatic rings. The smallest absolute Gasteiger partial charge is 0.308 e. The Kier molecular flexibility index (Phi) is 5.64. The summed E-state index contributed by atoms with van der Waals surface area (Å²) in [6.07, 6.45) is 5.09. The van der Waals surface area contributed by atoms with Gasteiger partial charge >= 0.3 is 5.97 Å². The minimum absolute atomic E-state index is 0.0393. The van der Waals surface area contributed by atoms with Crippen LogP contribution in [0.4, 0.5) is 0 Å². The Morgan fingerprint density at radius 2 is 1.94 bits per heavy atom. The normalized spacial score (nSPS) is 26.1. The summed E-state index contributed by atoms with van der Waals surface area (Å²) in [5.41, 5.74) is -0.670. The number of carbonyl (C=O) groups is 1. The molecule has 3 nitrogen and oxygen atoms in total. The maximum absolute atomic E-state index is 11.9. The summed E-state index contributed by atoms with van der Waals surface area (Å²) in [4.78, 5) is 11.9. The molecule has 0 aromatic rings. The van der Waals surface area contributed by atoms with Gasteiger partial charge in [-0.05, 0) is 38.5 Å². The van der Waals surface area contributed by atoms with Crippen molar-refractivity contribution in [1.82, 2.24) is 0 Å². The minimum Gasteiger partial charge on any atom is -0.462 e. The van der Waals surface area contributed by atoms with Gasteiger partial charge in [0.2, 0.25) is 0 Å². The quantitative estimate of drug-likeness (QED) is 0.742. The molecule has 1 aliphatic carbocycles. The lowest BCUT2D eigenvalue weighted by atomic mass is 9.80. The van der Waals surface area contributed by atoms with E-state index in [0.717, 1.165) is 38.5 Å². The van der Waals surface area contributed by atoms with Crippen molar-refractivity contribution in [2.45, 2.75) is 77.9 Å². The number of esters is 1. The van der Waals surface area contributed by atoms with Gasteiger partial charge in [-0.2, -0.15) is 0 Å². The molecule has 0 bridgehead atoms. The summed E-state index contributed by atoms with van der Waals surface area (Å²) in [6.45, 7) is 7.91. The molecule has 0 aromatic carbocycles. The van der Waals surface area contributed by atoms with Gasteiger partial charge in [-0.1, -0.05) is 27.7 Å². The van der Waals surface area contributed by atoms with Crippen molar-refractivity contribution in [2.24, 2.45) is 11.8 Å². The molecular formula is C15H28O3. The second-order valence-corrected chi connectivity index (χ2v) is 5.63. The second-order valence-electron chi connectivity index (χ2n) is 5.63. The number of hydrogen-bond donors (Lipinski definition) is 1. The van der Waals surface area contributed by atoms with Crippen molar-refractivity contribution < 1.29 is 14.6 Å². The topological polar surface area (TPSA) is 46.5 Å². The molecule has 1 fully saturated rings. The Morgan fingerprint density at radius 1 is 1.33 bits per heavy atom. The van der Waals surface area contributed by atoms with Crippen molar-refractivity contribution in [3.63, 3.8) is 0 Å². The average Bonchev–Trinajstić information content (AvgIpc) is 2.85. The molecule has 0 amide bonds. The van der Waals surface area contributed by atoms with Crippen LogP contribution in [0.3, 0.4) is 0 Å². The van der Waals surface area contributed by atoms with Crippen LogP contribution >= 0.6 is 0 Å². The number of ether oxygens (including phenoxy) is 1. The Labute approximate surface area is 111 Å². The monoisotopic (exact) mass is 256 g/mol. The van der Waals surface area contributed by atoms with Crippen LogP contribution in [0.2, 0.25) is 0 Å². The zero-order valence-corrected chi connectivity index (χ0v) is 12.2. The Bertz CT molecular complexity index is 271. The molecule has 1 rings (SSSR count). The van der Waals surface area contributed by atoms with Gasteiger partial charge in [-0.25, -0.2) is 0 Å². The van der Waals surface area contributed by atoms with Gasteiger partial charge in [0, 0.05) is 5.92 Å². The number of aliphatic hydroxyl groups is 1. The van der Waals surface area contributed by atoms with Crippen LogP contribution < -0.4 is 0 Å². The van der Waals surface area contributed by atoms with E-state index in [9.17, 15) is 9.90 Å². The summed E-state index contributed by atoms with van der Waals surface area (Å²) in [5, 5.41) is 10.6. The molecule has 0 aromatic heterocycles. The predicted octanol–water partition coefficient (Wildman–Crippen LogP) is 3.30. The van der Waals surface area contributed by atoms with Crippen molar-refractivity contribution in [3.8, 4) is 0 Å². The number of carbonyl (C=O) groups excluding carboxylic acids is 1. The highest BCUT2D eigenvalue weighted by Crippen LogP contribution is 2.40. The van der Waals surface area contributed by atoms with E-state index in [1.165, 1.54) is 0 Å². The third kappa shape index (κ3) is 3.25. The van der Waals surface area contributed by atoms with E-state index in [1.807, 2.05) is 27.7 Å². The first-order valence-corrected chi connectivity index (χ1v) is 7.41. The van der Waals surface area contributed by atoms with E-state index in [0.29, 0.717) is 0 Å². The van der Waals surface area contributed by atoms with Gasteiger partial charge in [-0.15, -0.1) is 0 Å². The molecule has 1 saturated carbocycles. The van der Waals surface area contributed by atoms with Crippen LogP contribution in [0.1, 0.15) is 66.2 Å². The fraction of sp³-hybridized carbons (Fsp3) is 0.933. The largest absolute Gasteiger partial charge is 0.462 e. The van der Waals surface area contributed by atoms with E-state index in [4.69, 9.17) is 4.74 Å². The first-order valence-electron chi connectivity index (χ1n) is 7.41. The summed E-state index contributed by atoms with van der Waals surface area (Å²) in [5.74, 6) is -0.0351. The van der Waals surface area contributed by atoms with Crippen molar-refractivity contribution in [1.29, 1.82) is 0 Å². The Balaban J connectivity index is 2.68. The third-order valence-corrected chi connectivity index (χ3v) is 4.65. The average molecular weight is 256 g/mol. The van der Waals surface area contributed by atoms with Crippen molar-refractivity contribution in [3.05, 3.63) is 0 Å². The summed E-state index contributed by atoms with van der Waals surface area (Å²) >= 11 is 0. The fourth-order valence-electron chi connectivity index (χ4n) is 2.89. The molecule has 0 saturated heterocycles. The van der Waals surface area contributed by atoms with Gasteiger partial charge in [0.15, 0.2) is 0 Å². The Hall–Kier alpha value is -0.570. The highest BCUT2D eigenvalue weighted by atomic mass is 16.5. The maximum atomic E-state index is 11.9. The fourth-order valence-corrected chi connectivity index (χ4v) is 2.89. The third-order valence-electron chi connectivity index (χ3n) is 4.65. The lowest BCUT2D eigenvalue weighted by molar-refractivity contribution is -0.161. The molecule has 0 heterocycles. The Morgan fingerprint density at radius 3 is 2.44 bits per heavy atom. The van der Waals surface area contributed by atoms with Gasteiger partial charge in [0.05, 0.1) is 11.5 Å². The lowest BCUT2D eigenvalue weighted by Crippen LogP contribution is -2.42. The standard InChI is InChI=1S/C15H28O3/c1-5-11(4)14(16)18-13-10-8-9-12(13)15(17,6-2)7-3/h11-13,17H,5-10H2,1-4H3. The number of hydrogen-bond acceptors (Lipinski definition) is 3. The highest BCUT2D eigenvalue weighted by Gasteiger charge is 2.43. The van der Waals surface area contributed by atoms with E-state index in [2.05, 4.69) is 0 Å². The molecule has 0 spiro atoms. The van der Waals surface area contributed by atoms with Gasteiger partial charge < -0.3 is 9.84 Å². The molecule has 18 heavy (non-hydrogen) atoms. The van der Waals surface area contributed by atoms with E-state index < -0.39 is 5.60 Å². The molecule has 0 radical (unpaired) electrons. The molecule has 0 aliphatic heterocycles. The summed E-state index contributed by atoms with van der Waals surface area (Å²) < 4.78 is 5.63. The van der Waals surface area contributed by atoms with Crippen molar-refractivity contribution >= 4 is 5.97 Å². The van der Waals surface area contributed by atoms with Crippen LogP contribution in [-0.4, -0.2) is 22.8 Å². The number of rotatable bonds is 6. The lowest BCUT2D eigenvalue weighted by Gasteiger charge is -2.36. The molecular weight excluding hydrogens is 228 g/mol. The van der Waals surface area contributed by atoms with Crippen LogP contribution in [0, 0.1) is 11.8 Å². The van der Waals surface area contributed by atoms with Crippen LogP contribution in [0.15, 0.2) is 0 Å².